The van der Waals surface area contributed by atoms with E-state index in [0.29, 0.717) is 0 Å². The molecule has 0 bridgehead atoms. The van der Waals surface area contributed by atoms with Gasteiger partial charge in [-0.2, -0.15) is 0 Å². The van der Waals surface area contributed by atoms with E-state index < -0.39 is 0 Å². The Labute approximate surface area is 81.1 Å². The van der Waals surface area contributed by atoms with Gasteiger partial charge in [-0.05, 0) is 0 Å². The first-order valence-electron chi connectivity index (χ1n) is 2.06. The molecule has 50 valence electrons. The molecule has 0 aliphatic rings. The summed E-state index contributed by atoms with van der Waals surface area (Å²) in [6, 6.07) is 0. The standard InChI is InChI=1S/C4H9.HI.2H2O.Sn/c1-3-4-2;;;;/h1,3-4H2,2H3;1H;2*1H2;/q;;;;+3/p-3. The molecule has 0 aromatic heterocycles. The van der Waals surface area contributed by atoms with Gasteiger partial charge in [0.1, 0.15) is 0 Å². The van der Waals surface area contributed by atoms with Crippen molar-refractivity contribution in [2.45, 2.75) is 24.2 Å². The molecular formula is C4H11IO2Sn. The Balaban J connectivity index is -0.0000000267. The van der Waals surface area contributed by atoms with Gasteiger partial charge in [-0.1, -0.05) is 0 Å². The van der Waals surface area contributed by atoms with Crippen molar-refractivity contribution in [3.8, 4) is 0 Å². The van der Waals surface area contributed by atoms with Gasteiger partial charge in [0, 0.05) is 0 Å². The molecule has 0 aromatic rings. The molecule has 0 spiro atoms. The Bertz CT molecular complexity index is 21.5. The average Bonchev–Trinajstić information content (AvgIpc) is 1.41. The molecule has 0 rings (SSSR count). The molecule has 0 saturated heterocycles. The molecule has 4 heteroatoms. The van der Waals surface area contributed by atoms with Crippen molar-refractivity contribution >= 4 is 22.5 Å². The molecule has 0 fully saturated rings. The van der Waals surface area contributed by atoms with Crippen LogP contribution in [-0.2, 0) is 0 Å². The van der Waals surface area contributed by atoms with Crippen LogP contribution in [0.5, 0.6) is 0 Å². The summed E-state index contributed by atoms with van der Waals surface area (Å²) in [6.45, 7) is 2.23. The summed E-state index contributed by atoms with van der Waals surface area (Å²) in [5, 5.41) is 0. The molecule has 2 N–H and O–H groups in total. The maximum Gasteiger partial charge on any atom is -0.870 e. The van der Waals surface area contributed by atoms with Crippen LogP contribution in [0, 0.1) is 0 Å². The molecule has 0 amide bonds. The van der Waals surface area contributed by atoms with E-state index in [9.17, 15) is 0 Å². The van der Waals surface area contributed by atoms with Gasteiger partial charge in [-0.25, -0.2) is 0 Å². The van der Waals surface area contributed by atoms with E-state index in [4.69, 9.17) is 0 Å². The number of halogens is 1. The van der Waals surface area contributed by atoms with Gasteiger partial charge in [-0.15, -0.1) is 0 Å². The molecule has 0 heterocycles. The molecular weight excluding hydrogens is 326 g/mol. The minimum atomic E-state index is 0. The maximum absolute atomic E-state index is 2.23. The van der Waals surface area contributed by atoms with E-state index in [1.54, 1.807) is 22.5 Å². The summed E-state index contributed by atoms with van der Waals surface area (Å²) >= 11 is 1.68. The molecule has 0 atom stereocenters. The summed E-state index contributed by atoms with van der Waals surface area (Å²) < 4.78 is 1.43. The topological polar surface area (TPSA) is 60.0 Å². The van der Waals surface area contributed by atoms with Crippen LogP contribution in [0.1, 0.15) is 19.8 Å². The number of hydrogen-bond donors (Lipinski definition) is 0. The first-order chi connectivity index (χ1) is 2.41. The van der Waals surface area contributed by atoms with Gasteiger partial charge in [-0.3, -0.25) is 0 Å². The van der Waals surface area contributed by atoms with E-state index in [1.807, 2.05) is 0 Å². The number of unbranched alkanes of at least 4 members (excludes halogenated alkanes) is 1. The van der Waals surface area contributed by atoms with Crippen LogP contribution in [0.2, 0.25) is 4.44 Å². The molecule has 0 unspecified atom stereocenters. The van der Waals surface area contributed by atoms with Crippen molar-refractivity contribution in [2.24, 2.45) is 0 Å². The Kier molecular flexibility index (Phi) is 67.3. The quantitative estimate of drug-likeness (QED) is 0.434. The zero-order valence-electron chi connectivity index (χ0n) is 4.89. The number of rotatable bonds is 2. The predicted molar refractivity (Wildman–Crippen MR) is 29.3 cm³/mol. The summed E-state index contributed by atoms with van der Waals surface area (Å²) in [5.41, 5.74) is 0. The van der Waals surface area contributed by atoms with Crippen molar-refractivity contribution < 1.29 is 34.9 Å². The minimum Gasteiger partial charge on any atom is -1.00 e. The fourth-order valence-corrected chi connectivity index (χ4v) is 1.19. The van der Waals surface area contributed by atoms with Crippen molar-refractivity contribution in [3.05, 3.63) is 0 Å². The predicted octanol–water partition coefficient (Wildman–Crippen LogP) is -1.98. The van der Waals surface area contributed by atoms with Crippen LogP contribution in [0.3, 0.4) is 0 Å². The second-order valence-corrected chi connectivity index (χ2v) is 2.53. The maximum atomic E-state index is 2.23. The van der Waals surface area contributed by atoms with Crippen molar-refractivity contribution in [2.75, 3.05) is 0 Å². The van der Waals surface area contributed by atoms with E-state index in [0.717, 1.165) is 0 Å². The zero-order valence-corrected chi connectivity index (χ0v) is 9.91. The molecule has 0 aliphatic carbocycles. The third-order valence-electron chi connectivity index (χ3n) is 0.530. The van der Waals surface area contributed by atoms with Gasteiger partial charge in [0.25, 0.3) is 0 Å². The van der Waals surface area contributed by atoms with Crippen LogP contribution in [-0.4, -0.2) is 33.5 Å². The van der Waals surface area contributed by atoms with E-state index >= 15 is 0 Å². The monoisotopic (exact) mass is 338 g/mol. The number of hydrogen-bond acceptors (Lipinski definition) is 2. The van der Waals surface area contributed by atoms with E-state index in [-0.39, 0.29) is 34.9 Å². The normalized spacial score (nSPS) is 5.38. The van der Waals surface area contributed by atoms with Crippen LogP contribution in [0.15, 0.2) is 0 Å². The van der Waals surface area contributed by atoms with E-state index in [1.165, 1.54) is 17.3 Å². The summed E-state index contributed by atoms with van der Waals surface area (Å²) in [7, 11) is 0. The first-order valence-corrected chi connectivity index (χ1v) is 4.08. The molecule has 0 saturated carbocycles. The van der Waals surface area contributed by atoms with Crippen molar-refractivity contribution in [3.63, 3.8) is 0 Å². The Hall–Kier alpha value is 1.45. The average molecular weight is 337 g/mol. The summed E-state index contributed by atoms with van der Waals surface area (Å²) in [5.74, 6) is 0. The molecule has 0 aromatic carbocycles. The van der Waals surface area contributed by atoms with Crippen molar-refractivity contribution in [1.82, 2.24) is 0 Å². The second-order valence-electron chi connectivity index (χ2n) is 1.10. The third-order valence-corrected chi connectivity index (χ3v) is 1.54. The van der Waals surface area contributed by atoms with Crippen LogP contribution in [0.4, 0.5) is 0 Å². The van der Waals surface area contributed by atoms with E-state index in [2.05, 4.69) is 6.92 Å². The van der Waals surface area contributed by atoms with Gasteiger partial charge < -0.3 is 34.9 Å². The van der Waals surface area contributed by atoms with Gasteiger partial charge in [0.2, 0.25) is 0 Å². The SMILES string of the molecule is CCC[CH2][Sn+3].[I-].[OH-].[OH-]. The second kappa shape index (κ2) is 23.7. The Morgan fingerprint density at radius 2 is 1.62 bits per heavy atom. The first kappa shape index (κ1) is 22.7. The Morgan fingerprint density at radius 1 is 1.25 bits per heavy atom. The fourth-order valence-electron chi connectivity index (χ4n) is 0.177. The largest absolute Gasteiger partial charge is 1.00 e. The van der Waals surface area contributed by atoms with Crippen LogP contribution < -0.4 is 24.0 Å². The van der Waals surface area contributed by atoms with Gasteiger partial charge >= 0.3 is 46.7 Å². The van der Waals surface area contributed by atoms with Gasteiger partial charge in [0.15, 0.2) is 0 Å². The third kappa shape index (κ3) is 26.0. The van der Waals surface area contributed by atoms with Crippen molar-refractivity contribution in [1.29, 1.82) is 0 Å². The molecule has 0 radical (unpaired) electrons. The molecule has 2 nitrogen and oxygen atoms in total. The molecule has 0 aliphatic heterocycles. The molecule has 8 heavy (non-hydrogen) atoms. The Morgan fingerprint density at radius 3 is 1.62 bits per heavy atom. The van der Waals surface area contributed by atoms with Crippen LogP contribution >= 0.6 is 0 Å². The smallest absolute Gasteiger partial charge is 0.870 e. The summed E-state index contributed by atoms with van der Waals surface area (Å²) in [6.07, 6.45) is 2.80. The van der Waals surface area contributed by atoms with Gasteiger partial charge in [0.05, 0.1) is 0 Å². The zero-order chi connectivity index (χ0) is 4.12. The van der Waals surface area contributed by atoms with Crippen LogP contribution in [0.25, 0.3) is 0 Å². The fraction of sp³-hybridized carbons (Fsp3) is 1.00. The summed E-state index contributed by atoms with van der Waals surface area (Å²) in [4.78, 5) is 0. The minimum absolute atomic E-state index is 0.